The van der Waals surface area contributed by atoms with Crippen molar-refractivity contribution in [3.8, 4) is 5.69 Å². The molecule has 140 valence electrons. The van der Waals surface area contributed by atoms with Crippen molar-refractivity contribution in [2.75, 3.05) is 0 Å². The number of nitrogens with zero attached hydrogens (tertiary/aromatic N) is 4. The topological polar surface area (TPSA) is 85.0 Å². The third-order valence-electron chi connectivity index (χ3n) is 5.20. The van der Waals surface area contributed by atoms with E-state index in [0.717, 1.165) is 43.3 Å². The van der Waals surface area contributed by atoms with Gasteiger partial charge in [0.05, 0.1) is 6.04 Å². The van der Waals surface area contributed by atoms with E-state index in [1.807, 2.05) is 17.7 Å². The molecule has 1 unspecified atom stereocenters. The second-order valence-corrected chi connectivity index (χ2v) is 7.01. The highest BCUT2D eigenvalue weighted by Gasteiger charge is 2.24. The van der Waals surface area contributed by atoms with Gasteiger partial charge in [0, 0.05) is 37.4 Å². The minimum atomic E-state index is -0.975. The number of benzene rings is 1. The van der Waals surface area contributed by atoms with Crippen LogP contribution in [0.2, 0.25) is 0 Å². The molecule has 0 fully saturated rings. The number of carboxylic acid groups (broad SMARTS) is 1. The minimum Gasteiger partial charge on any atom is -0.476 e. The quantitative estimate of drug-likeness (QED) is 0.726. The molecule has 1 aliphatic heterocycles. The number of rotatable bonds is 5. The first kappa shape index (κ1) is 17.5. The van der Waals surface area contributed by atoms with Gasteiger partial charge in [-0.05, 0) is 49.9 Å². The Morgan fingerprint density at radius 2 is 2.22 bits per heavy atom. The lowest BCUT2D eigenvalue weighted by Crippen LogP contribution is -2.28. The molecule has 1 aliphatic rings. The smallest absolute Gasteiger partial charge is 0.356 e. The zero-order chi connectivity index (χ0) is 19.0. The van der Waals surface area contributed by atoms with E-state index < -0.39 is 5.97 Å². The first-order chi connectivity index (χ1) is 13.0. The Bertz CT molecular complexity index is 988. The van der Waals surface area contributed by atoms with Gasteiger partial charge >= 0.3 is 5.97 Å². The lowest BCUT2D eigenvalue weighted by Gasteiger charge is -2.24. The van der Waals surface area contributed by atoms with Crippen molar-refractivity contribution in [1.82, 2.24) is 24.4 Å². The Balaban J connectivity index is 1.50. The van der Waals surface area contributed by atoms with Crippen LogP contribution in [0.25, 0.3) is 5.69 Å². The van der Waals surface area contributed by atoms with Crippen LogP contribution in [0, 0.1) is 13.8 Å². The molecule has 3 aromatic rings. The molecule has 2 N–H and O–H groups in total. The summed E-state index contributed by atoms with van der Waals surface area (Å²) in [5, 5.41) is 12.7. The molecule has 27 heavy (non-hydrogen) atoms. The fraction of sp³-hybridized carbons (Fsp3) is 0.350. The van der Waals surface area contributed by atoms with Gasteiger partial charge in [-0.1, -0.05) is 6.07 Å². The standard InChI is InChI=1S/C20H23N5O2/c1-13-10-16(25-9-7-21-14(25)2)6-5-15(13)11-22-17-4-3-8-24-12-18(20(26)27)23-19(17)24/h5-7,9-10,12,17,22H,3-4,8,11H2,1-2H3,(H,26,27). The van der Waals surface area contributed by atoms with E-state index >= 15 is 0 Å². The van der Waals surface area contributed by atoms with Gasteiger partial charge in [-0.2, -0.15) is 0 Å². The summed E-state index contributed by atoms with van der Waals surface area (Å²) in [5.41, 5.74) is 3.65. The van der Waals surface area contributed by atoms with Gasteiger partial charge in [0.2, 0.25) is 0 Å². The van der Waals surface area contributed by atoms with Crippen LogP contribution in [0.4, 0.5) is 0 Å². The summed E-state index contributed by atoms with van der Waals surface area (Å²) < 4.78 is 4.03. The summed E-state index contributed by atoms with van der Waals surface area (Å²) in [6.45, 7) is 5.64. The van der Waals surface area contributed by atoms with Crippen LogP contribution < -0.4 is 5.32 Å². The van der Waals surface area contributed by atoms with Crippen LogP contribution in [0.1, 0.15) is 52.1 Å². The number of carbonyl (C=O) groups is 1. The Morgan fingerprint density at radius 3 is 2.93 bits per heavy atom. The normalized spacial score (nSPS) is 16.3. The highest BCUT2D eigenvalue weighted by Crippen LogP contribution is 2.25. The van der Waals surface area contributed by atoms with Crippen molar-refractivity contribution in [2.24, 2.45) is 0 Å². The molecule has 3 heterocycles. The summed E-state index contributed by atoms with van der Waals surface area (Å²) >= 11 is 0. The Hall–Kier alpha value is -2.93. The monoisotopic (exact) mass is 365 g/mol. The minimum absolute atomic E-state index is 0.0711. The maximum absolute atomic E-state index is 11.2. The van der Waals surface area contributed by atoms with Gasteiger partial charge in [0.15, 0.2) is 5.69 Å². The molecule has 0 amide bonds. The molecule has 0 aliphatic carbocycles. The van der Waals surface area contributed by atoms with Crippen molar-refractivity contribution >= 4 is 5.97 Å². The molecular weight excluding hydrogens is 342 g/mol. The zero-order valence-electron chi connectivity index (χ0n) is 15.5. The van der Waals surface area contributed by atoms with E-state index in [1.165, 1.54) is 11.1 Å². The fourth-order valence-electron chi connectivity index (χ4n) is 3.69. The molecule has 2 aromatic heterocycles. The number of nitrogens with one attached hydrogen (secondary N) is 1. The van der Waals surface area contributed by atoms with Gasteiger partial charge in [0.1, 0.15) is 11.6 Å². The van der Waals surface area contributed by atoms with Crippen molar-refractivity contribution in [2.45, 2.75) is 45.8 Å². The molecule has 0 radical (unpaired) electrons. The Labute approximate surface area is 157 Å². The lowest BCUT2D eigenvalue weighted by atomic mass is 10.0. The largest absolute Gasteiger partial charge is 0.476 e. The van der Waals surface area contributed by atoms with Gasteiger partial charge in [-0.3, -0.25) is 0 Å². The van der Waals surface area contributed by atoms with Crippen molar-refractivity contribution < 1.29 is 9.90 Å². The molecule has 0 saturated carbocycles. The van der Waals surface area contributed by atoms with Crippen LogP contribution in [0.5, 0.6) is 0 Å². The number of imidazole rings is 2. The SMILES string of the molecule is Cc1cc(-n2ccnc2C)ccc1CNC1CCCn2cc(C(=O)O)nc21. The van der Waals surface area contributed by atoms with Crippen molar-refractivity contribution in [3.63, 3.8) is 0 Å². The molecule has 1 aromatic carbocycles. The number of fused-ring (bicyclic) bond motifs is 1. The Kier molecular flexibility index (Phi) is 4.53. The average Bonchev–Trinajstić information content (AvgIpc) is 3.27. The summed E-state index contributed by atoms with van der Waals surface area (Å²) in [4.78, 5) is 19.8. The van der Waals surface area contributed by atoms with E-state index in [0.29, 0.717) is 0 Å². The van der Waals surface area contributed by atoms with Gasteiger partial charge < -0.3 is 19.6 Å². The van der Waals surface area contributed by atoms with Crippen LogP contribution in [-0.2, 0) is 13.1 Å². The summed E-state index contributed by atoms with van der Waals surface area (Å²) in [5.74, 6) is 0.808. The first-order valence-corrected chi connectivity index (χ1v) is 9.16. The predicted octanol–water partition coefficient (Wildman–Crippen LogP) is 3.01. The number of hydrogen-bond donors (Lipinski definition) is 2. The van der Waals surface area contributed by atoms with Gasteiger partial charge in [-0.15, -0.1) is 0 Å². The van der Waals surface area contributed by atoms with Crippen LogP contribution in [-0.4, -0.2) is 30.2 Å². The summed E-state index contributed by atoms with van der Waals surface area (Å²) in [6, 6.07) is 6.47. The average molecular weight is 365 g/mol. The lowest BCUT2D eigenvalue weighted by molar-refractivity contribution is 0.0690. The van der Waals surface area contributed by atoms with E-state index in [2.05, 4.69) is 45.0 Å². The summed E-state index contributed by atoms with van der Waals surface area (Å²) in [6.07, 6.45) is 7.37. The van der Waals surface area contributed by atoms with Gasteiger partial charge in [0.25, 0.3) is 0 Å². The van der Waals surface area contributed by atoms with Crippen molar-refractivity contribution in [1.29, 1.82) is 0 Å². The number of aromatic nitrogens is 4. The number of hydrogen-bond acceptors (Lipinski definition) is 4. The van der Waals surface area contributed by atoms with E-state index in [4.69, 9.17) is 0 Å². The van der Waals surface area contributed by atoms with E-state index in [-0.39, 0.29) is 11.7 Å². The Morgan fingerprint density at radius 1 is 1.37 bits per heavy atom. The second-order valence-electron chi connectivity index (χ2n) is 7.01. The predicted molar refractivity (Wildman–Crippen MR) is 101 cm³/mol. The maximum Gasteiger partial charge on any atom is 0.356 e. The molecule has 0 saturated heterocycles. The van der Waals surface area contributed by atoms with Crippen LogP contribution >= 0.6 is 0 Å². The molecule has 1 atom stereocenters. The molecular formula is C20H23N5O2. The second kappa shape index (κ2) is 7.00. The zero-order valence-corrected chi connectivity index (χ0v) is 15.5. The molecule has 7 heteroatoms. The maximum atomic E-state index is 11.2. The first-order valence-electron chi connectivity index (χ1n) is 9.16. The van der Waals surface area contributed by atoms with E-state index in [9.17, 15) is 9.90 Å². The molecule has 0 spiro atoms. The van der Waals surface area contributed by atoms with E-state index in [1.54, 1.807) is 12.4 Å². The number of carboxylic acids is 1. The third-order valence-corrected chi connectivity index (χ3v) is 5.20. The van der Waals surface area contributed by atoms with Crippen LogP contribution in [0.15, 0.2) is 36.8 Å². The summed E-state index contributed by atoms with van der Waals surface area (Å²) in [7, 11) is 0. The van der Waals surface area contributed by atoms with Gasteiger partial charge in [-0.25, -0.2) is 14.8 Å². The van der Waals surface area contributed by atoms with Crippen LogP contribution in [0.3, 0.4) is 0 Å². The third kappa shape index (κ3) is 3.38. The molecule has 0 bridgehead atoms. The fourth-order valence-corrected chi connectivity index (χ4v) is 3.69. The molecule has 4 rings (SSSR count). The number of aromatic carboxylic acids is 1. The molecule has 7 nitrogen and oxygen atoms in total. The highest BCUT2D eigenvalue weighted by atomic mass is 16.4. The van der Waals surface area contributed by atoms with Crippen molar-refractivity contribution in [3.05, 3.63) is 65.3 Å². The number of aryl methyl sites for hydroxylation is 3. The highest BCUT2D eigenvalue weighted by molar-refractivity contribution is 5.85.